The van der Waals surface area contributed by atoms with E-state index >= 15 is 0 Å². The lowest BCUT2D eigenvalue weighted by Crippen LogP contribution is -2.38. The molecule has 1 aliphatic rings. The number of nitro groups is 1. The minimum absolute atomic E-state index is 0.0502. The predicted octanol–water partition coefficient (Wildman–Crippen LogP) is 1.76. The fourth-order valence-electron chi connectivity index (χ4n) is 2.77. The van der Waals surface area contributed by atoms with Crippen molar-refractivity contribution in [1.29, 1.82) is 0 Å². The van der Waals surface area contributed by atoms with Gasteiger partial charge in [-0.2, -0.15) is 0 Å². The first-order chi connectivity index (χ1) is 13.8. The Bertz CT molecular complexity index is 999. The van der Waals surface area contributed by atoms with Crippen LogP contribution in [-0.4, -0.2) is 46.2 Å². The molecule has 3 amide bonds. The summed E-state index contributed by atoms with van der Waals surface area (Å²) in [5, 5.41) is 13.3. The molecule has 10 nitrogen and oxygen atoms in total. The molecule has 1 N–H and O–H groups in total. The number of nitrogens with zero attached hydrogens (tertiary/aromatic N) is 2. The van der Waals surface area contributed by atoms with Crippen LogP contribution in [0.1, 0.15) is 27.6 Å². The number of para-hydroxylation sites is 2. The zero-order valence-electron chi connectivity index (χ0n) is 15.2. The first kappa shape index (κ1) is 19.7. The molecule has 0 spiro atoms. The topological polar surface area (TPSA) is 136 Å². The van der Waals surface area contributed by atoms with E-state index in [1.165, 1.54) is 43.3 Å². The van der Waals surface area contributed by atoms with Crippen LogP contribution in [0.4, 0.5) is 11.4 Å². The summed E-state index contributed by atoms with van der Waals surface area (Å²) in [6.45, 7) is 0.611. The second kappa shape index (κ2) is 7.89. The maximum Gasteiger partial charge on any atom is 0.326 e. The highest BCUT2D eigenvalue weighted by molar-refractivity contribution is 6.22. The van der Waals surface area contributed by atoms with Crippen molar-refractivity contribution < 1.29 is 28.8 Å². The molecule has 0 aliphatic carbocycles. The van der Waals surface area contributed by atoms with Gasteiger partial charge in [-0.05, 0) is 25.1 Å². The molecule has 2 aromatic rings. The third-order valence-corrected chi connectivity index (χ3v) is 4.20. The number of rotatable bonds is 6. The Balaban J connectivity index is 1.61. The van der Waals surface area contributed by atoms with Crippen molar-refractivity contribution in [3.8, 4) is 0 Å². The summed E-state index contributed by atoms with van der Waals surface area (Å²) in [5.41, 5.74) is 0.0103. The number of hydrogen-bond donors (Lipinski definition) is 1. The van der Waals surface area contributed by atoms with Crippen LogP contribution in [0.15, 0.2) is 48.5 Å². The van der Waals surface area contributed by atoms with E-state index in [-0.39, 0.29) is 22.5 Å². The third kappa shape index (κ3) is 3.95. The van der Waals surface area contributed by atoms with E-state index in [0.29, 0.717) is 0 Å². The SMILES string of the molecule is C[C@H](OC(=O)CN1C(=O)c2ccccc2C1=O)C(=O)Nc1ccccc1[N+](=O)[O-]. The minimum atomic E-state index is -1.31. The van der Waals surface area contributed by atoms with Crippen LogP contribution >= 0.6 is 0 Å². The Morgan fingerprint density at radius 1 is 1.07 bits per heavy atom. The van der Waals surface area contributed by atoms with Gasteiger partial charge in [0.25, 0.3) is 23.4 Å². The highest BCUT2D eigenvalue weighted by Crippen LogP contribution is 2.24. The van der Waals surface area contributed by atoms with Gasteiger partial charge in [0.1, 0.15) is 12.2 Å². The van der Waals surface area contributed by atoms with E-state index in [1.54, 1.807) is 12.1 Å². The van der Waals surface area contributed by atoms with Gasteiger partial charge in [-0.15, -0.1) is 0 Å². The number of ether oxygens (including phenoxy) is 1. The maximum atomic E-state index is 12.3. The zero-order chi connectivity index (χ0) is 21.1. The molecule has 1 atom stereocenters. The van der Waals surface area contributed by atoms with Crippen molar-refractivity contribution in [3.63, 3.8) is 0 Å². The van der Waals surface area contributed by atoms with E-state index in [4.69, 9.17) is 4.74 Å². The van der Waals surface area contributed by atoms with E-state index in [2.05, 4.69) is 5.32 Å². The number of amides is 3. The second-order valence-electron chi connectivity index (χ2n) is 6.14. The number of esters is 1. The van der Waals surface area contributed by atoms with Crippen LogP contribution < -0.4 is 5.32 Å². The first-order valence-corrected chi connectivity index (χ1v) is 8.48. The lowest BCUT2D eigenvalue weighted by Gasteiger charge is -2.16. The number of hydrogen-bond acceptors (Lipinski definition) is 7. The standard InChI is InChI=1S/C19H15N3O7/c1-11(17(24)20-14-8-4-5-9-15(14)22(27)28)29-16(23)10-21-18(25)12-6-2-3-7-13(12)19(21)26/h2-9,11H,10H2,1H3,(H,20,24)/t11-/m0/s1. The Labute approximate surface area is 164 Å². The minimum Gasteiger partial charge on any atom is -0.451 e. The summed E-state index contributed by atoms with van der Waals surface area (Å²) in [6.07, 6.45) is -1.31. The summed E-state index contributed by atoms with van der Waals surface area (Å²) in [7, 11) is 0. The Morgan fingerprint density at radius 3 is 2.21 bits per heavy atom. The molecule has 2 aromatic carbocycles. The highest BCUT2D eigenvalue weighted by Gasteiger charge is 2.37. The molecule has 3 rings (SSSR count). The predicted molar refractivity (Wildman–Crippen MR) is 99.1 cm³/mol. The molecule has 0 fully saturated rings. The molecule has 0 aromatic heterocycles. The largest absolute Gasteiger partial charge is 0.451 e. The van der Waals surface area contributed by atoms with E-state index in [0.717, 1.165) is 4.90 Å². The quantitative estimate of drug-likeness (QED) is 0.339. The normalized spacial score (nSPS) is 13.6. The number of carbonyl (C=O) groups is 4. The summed E-state index contributed by atoms with van der Waals surface area (Å²) < 4.78 is 4.98. The number of imide groups is 1. The molecule has 10 heteroatoms. The third-order valence-electron chi connectivity index (χ3n) is 4.20. The Hall–Kier alpha value is -4.08. The molecule has 0 saturated heterocycles. The molecular weight excluding hydrogens is 382 g/mol. The fourth-order valence-corrected chi connectivity index (χ4v) is 2.77. The molecule has 1 aliphatic heterocycles. The molecule has 0 radical (unpaired) electrons. The molecular formula is C19H15N3O7. The highest BCUT2D eigenvalue weighted by atomic mass is 16.6. The van der Waals surface area contributed by atoms with Gasteiger partial charge in [0, 0.05) is 6.07 Å². The lowest BCUT2D eigenvalue weighted by molar-refractivity contribution is -0.383. The fraction of sp³-hybridized carbons (Fsp3) is 0.158. The van der Waals surface area contributed by atoms with Crippen molar-refractivity contribution in [1.82, 2.24) is 4.90 Å². The molecule has 1 heterocycles. The van der Waals surface area contributed by atoms with Gasteiger partial charge in [0.15, 0.2) is 6.10 Å². The Morgan fingerprint density at radius 2 is 1.62 bits per heavy atom. The van der Waals surface area contributed by atoms with Crippen LogP contribution in [0, 0.1) is 10.1 Å². The van der Waals surface area contributed by atoms with Crippen molar-refractivity contribution in [2.75, 3.05) is 11.9 Å². The van der Waals surface area contributed by atoms with E-state index in [1.807, 2.05) is 0 Å². The van der Waals surface area contributed by atoms with Crippen molar-refractivity contribution >= 4 is 35.1 Å². The molecule has 29 heavy (non-hydrogen) atoms. The monoisotopic (exact) mass is 397 g/mol. The van der Waals surface area contributed by atoms with Crippen LogP contribution in [0.2, 0.25) is 0 Å². The van der Waals surface area contributed by atoms with Gasteiger partial charge in [-0.1, -0.05) is 24.3 Å². The van der Waals surface area contributed by atoms with E-state index < -0.39 is 41.3 Å². The zero-order valence-corrected chi connectivity index (χ0v) is 15.2. The van der Waals surface area contributed by atoms with Crippen LogP contribution in [0.25, 0.3) is 0 Å². The number of nitro benzene ring substituents is 1. The Kier molecular flexibility index (Phi) is 5.35. The van der Waals surface area contributed by atoms with Gasteiger partial charge in [-0.3, -0.25) is 34.2 Å². The van der Waals surface area contributed by atoms with Crippen molar-refractivity contribution in [3.05, 3.63) is 69.8 Å². The summed E-state index contributed by atoms with van der Waals surface area (Å²) in [5.74, 6) is -3.01. The summed E-state index contributed by atoms with van der Waals surface area (Å²) in [6, 6.07) is 11.6. The first-order valence-electron chi connectivity index (χ1n) is 8.48. The number of nitrogens with one attached hydrogen (secondary N) is 1. The lowest BCUT2D eigenvalue weighted by atomic mass is 10.1. The molecule has 148 valence electrons. The average molecular weight is 397 g/mol. The average Bonchev–Trinajstić information content (AvgIpc) is 2.93. The molecule has 0 unspecified atom stereocenters. The maximum absolute atomic E-state index is 12.3. The van der Waals surface area contributed by atoms with Gasteiger partial charge in [0.05, 0.1) is 16.1 Å². The number of fused-ring (bicyclic) bond motifs is 1. The van der Waals surface area contributed by atoms with Crippen LogP contribution in [0.3, 0.4) is 0 Å². The van der Waals surface area contributed by atoms with Gasteiger partial charge >= 0.3 is 5.97 Å². The smallest absolute Gasteiger partial charge is 0.326 e. The summed E-state index contributed by atoms with van der Waals surface area (Å²) >= 11 is 0. The van der Waals surface area contributed by atoms with Crippen molar-refractivity contribution in [2.24, 2.45) is 0 Å². The second-order valence-corrected chi connectivity index (χ2v) is 6.14. The van der Waals surface area contributed by atoms with Gasteiger partial charge in [-0.25, -0.2) is 0 Å². The molecule has 0 saturated carbocycles. The van der Waals surface area contributed by atoms with Crippen LogP contribution in [0.5, 0.6) is 0 Å². The number of carbonyl (C=O) groups excluding carboxylic acids is 4. The van der Waals surface area contributed by atoms with E-state index in [9.17, 15) is 29.3 Å². The van der Waals surface area contributed by atoms with Gasteiger partial charge in [0.2, 0.25) is 0 Å². The number of benzene rings is 2. The van der Waals surface area contributed by atoms with Crippen molar-refractivity contribution in [2.45, 2.75) is 13.0 Å². The van der Waals surface area contributed by atoms with Gasteiger partial charge < -0.3 is 10.1 Å². The molecule has 0 bridgehead atoms. The number of anilines is 1. The van der Waals surface area contributed by atoms with Crippen LogP contribution in [-0.2, 0) is 14.3 Å². The summed E-state index contributed by atoms with van der Waals surface area (Å²) in [4.78, 5) is 59.9.